The van der Waals surface area contributed by atoms with Crippen molar-refractivity contribution >= 4 is 9.84 Å². The summed E-state index contributed by atoms with van der Waals surface area (Å²) >= 11 is 0. The first-order valence-electron chi connectivity index (χ1n) is 7.70. The zero-order valence-corrected chi connectivity index (χ0v) is 15.1. The van der Waals surface area contributed by atoms with E-state index in [0.717, 1.165) is 0 Å². The Kier molecular flexibility index (Phi) is 6.32. The molecule has 0 aliphatic heterocycles. The van der Waals surface area contributed by atoms with Crippen molar-refractivity contribution in [1.82, 2.24) is 5.32 Å². The number of rotatable bonds is 6. The van der Waals surface area contributed by atoms with Gasteiger partial charge in [0.1, 0.15) is 17.6 Å². The zero-order valence-electron chi connectivity index (χ0n) is 14.3. The van der Waals surface area contributed by atoms with Gasteiger partial charge >= 0.3 is 12.4 Å². The van der Waals surface area contributed by atoms with Crippen LogP contribution < -0.4 is 5.32 Å². The molecule has 0 aliphatic rings. The second kappa shape index (κ2) is 8.20. The van der Waals surface area contributed by atoms with E-state index in [2.05, 4.69) is 5.32 Å². The normalized spacial score (nSPS) is 13.2. The van der Waals surface area contributed by atoms with Crippen LogP contribution in [0.25, 0.3) is 0 Å². The number of hydrogen-bond donors (Lipinski definition) is 1. The Morgan fingerprint density at radius 3 is 2.14 bits per heavy atom. The molecule has 0 spiro atoms. The van der Waals surface area contributed by atoms with Crippen LogP contribution in [0.2, 0.25) is 0 Å². The van der Waals surface area contributed by atoms with Crippen LogP contribution in [0.3, 0.4) is 0 Å². The molecule has 0 amide bonds. The van der Waals surface area contributed by atoms with E-state index >= 15 is 0 Å². The zero-order chi connectivity index (χ0) is 21.9. The van der Waals surface area contributed by atoms with E-state index in [0.29, 0.717) is 18.3 Å². The number of hydrogen-bond acceptors (Lipinski definition) is 5. The van der Waals surface area contributed by atoms with Gasteiger partial charge in [0.05, 0.1) is 17.4 Å². The number of sulfone groups is 1. The van der Waals surface area contributed by atoms with Crippen LogP contribution in [-0.4, -0.2) is 8.42 Å². The lowest BCUT2D eigenvalue weighted by Crippen LogP contribution is -2.15. The van der Waals surface area contributed by atoms with Gasteiger partial charge in [0.15, 0.2) is 14.7 Å². The van der Waals surface area contributed by atoms with Gasteiger partial charge in [-0.15, -0.1) is 0 Å². The van der Waals surface area contributed by atoms with Gasteiger partial charge in [-0.25, -0.2) is 8.42 Å². The summed E-state index contributed by atoms with van der Waals surface area (Å²) in [4.78, 5) is -0.753. The monoisotopic (exact) mass is 438 g/mol. The van der Waals surface area contributed by atoms with Crippen LogP contribution in [0.1, 0.15) is 22.5 Å². The predicted molar refractivity (Wildman–Crippen MR) is 88.3 cm³/mol. The molecule has 0 aliphatic carbocycles. The number of nitrogens with one attached hydrogen (secondary N) is 1. The van der Waals surface area contributed by atoms with Gasteiger partial charge in [-0.2, -0.15) is 31.6 Å². The van der Waals surface area contributed by atoms with E-state index < -0.39 is 56.1 Å². The SMILES string of the molecule is N#C/C(=C\NCc1cc(C(F)(F)F)cc(C(F)(F)F)c1)S(=O)(=O)Cc1ccco1. The molecule has 156 valence electrons. The molecule has 0 saturated heterocycles. The molecule has 1 heterocycles. The minimum atomic E-state index is -5.00. The molecular weight excluding hydrogens is 426 g/mol. The van der Waals surface area contributed by atoms with Crippen LogP contribution in [0.4, 0.5) is 26.3 Å². The van der Waals surface area contributed by atoms with E-state index in [9.17, 15) is 34.8 Å². The fourth-order valence-electron chi connectivity index (χ4n) is 2.23. The van der Waals surface area contributed by atoms with Crippen molar-refractivity contribution in [3.63, 3.8) is 0 Å². The van der Waals surface area contributed by atoms with Crippen LogP contribution >= 0.6 is 0 Å². The van der Waals surface area contributed by atoms with Crippen molar-refractivity contribution in [2.24, 2.45) is 0 Å². The molecule has 2 rings (SSSR count). The number of furan rings is 1. The Labute approximate surface area is 161 Å². The summed E-state index contributed by atoms with van der Waals surface area (Å²) in [6.45, 7) is -0.575. The first kappa shape index (κ1) is 22.4. The van der Waals surface area contributed by atoms with Crippen LogP contribution in [0.5, 0.6) is 0 Å². The highest BCUT2D eigenvalue weighted by Crippen LogP contribution is 2.36. The Morgan fingerprint density at radius 2 is 1.69 bits per heavy atom. The highest BCUT2D eigenvalue weighted by molar-refractivity contribution is 7.94. The Balaban J connectivity index is 2.24. The lowest BCUT2D eigenvalue weighted by molar-refractivity contribution is -0.143. The van der Waals surface area contributed by atoms with E-state index in [1.807, 2.05) is 0 Å². The van der Waals surface area contributed by atoms with Gasteiger partial charge in [-0.05, 0) is 35.9 Å². The summed E-state index contributed by atoms with van der Waals surface area (Å²) in [6.07, 6.45) is -8.07. The molecule has 12 heteroatoms. The average Bonchev–Trinajstić information content (AvgIpc) is 3.09. The largest absolute Gasteiger partial charge is 0.468 e. The molecule has 29 heavy (non-hydrogen) atoms. The summed E-state index contributed by atoms with van der Waals surface area (Å²) in [7, 11) is -4.13. The lowest BCUT2D eigenvalue weighted by atomic mass is 10.0. The molecule has 1 aromatic carbocycles. The van der Waals surface area contributed by atoms with Gasteiger partial charge in [-0.3, -0.25) is 0 Å². The smallest absolute Gasteiger partial charge is 0.416 e. The maximum absolute atomic E-state index is 12.8. The molecule has 0 saturated carbocycles. The number of benzene rings is 1. The molecular formula is C17H12F6N2O3S. The summed E-state index contributed by atoms with van der Waals surface area (Å²) in [5.74, 6) is -0.582. The average molecular weight is 438 g/mol. The highest BCUT2D eigenvalue weighted by Gasteiger charge is 2.36. The Hall–Kier alpha value is -2.94. The van der Waals surface area contributed by atoms with Gasteiger partial charge in [-0.1, -0.05) is 0 Å². The summed E-state index contributed by atoms with van der Waals surface area (Å²) in [5, 5.41) is 11.3. The first-order chi connectivity index (χ1) is 13.3. The third-order valence-corrected chi connectivity index (χ3v) is 5.09. The molecule has 0 unspecified atom stereocenters. The standard InChI is InChI=1S/C17H12F6N2O3S/c18-16(19,20)12-4-11(5-13(6-12)17(21,22)23)8-25-9-15(7-24)29(26,27)10-14-2-1-3-28-14/h1-6,9,25H,8,10H2/b15-9+. The summed E-state index contributed by atoms with van der Waals surface area (Å²) < 4.78 is 106. The molecule has 2 aromatic rings. The second-order valence-corrected chi connectivity index (χ2v) is 7.71. The van der Waals surface area contributed by atoms with E-state index in [4.69, 9.17) is 9.68 Å². The van der Waals surface area contributed by atoms with Crippen molar-refractivity contribution in [2.45, 2.75) is 24.7 Å². The number of alkyl halides is 6. The van der Waals surface area contributed by atoms with Crippen molar-refractivity contribution in [3.8, 4) is 6.07 Å². The number of halogens is 6. The molecule has 5 nitrogen and oxygen atoms in total. The lowest BCUT2D eigenvalue weighted by Gasteiger charge is -2.14. The fourth-order valence-corrected chi connectivity index (χ4v) is 3.33. The molecule has 1 N–H and O–H groups in total. The third kappa shape index (κ3) is 6.02. The second-order valence-electron chi connectivity index (χ2n) is 5.75. The predicted octanol–water partition coefficient (Wildman–Crippen LogP) is 4.39. The van der Waals surface area contributed by atoms with E-state index in [1.54, 1.807) is 0 Å². The van der Waals surface area contributed by atoms with E-state index in [1.165, 1.54) is 24.5 Å². The number of nitriles is 1. The van der Waals surface area contributed by atoms with Gasteiger partial charge in [0.25, 0.3) is 0 Å². The first-order valence-corrected chi connectivity index (χ1v) is 9.35. The highest BCUT2D eigenvalue weighted by atomic mass is 32.2. The molecule has 0 fully saturated rings. The minimum Gasteiger partial charge on any atom is -0.468 e. The van der Waals surface area contributed by atoms with Gasteiger partial charge in [0.2, 0.25) is 0 Å². The number of allylic oxidation sites excluding steroid dienone is 1. The summed E-state index contributed by atoms with van der Waals surface area (Å²) in [5.41, 5.74) is -3.40. The van der Waals surface area contributed by atoms with Crippen molar-refractivity contribution in [2.75, 3.05) is 0 Å². The third-order valence-electron chi connectivity index (χ3n) is 3.54. The van der Waals surface area contributed by atoms with Crippen molar-refractivity contribution in [3.05, 3.63) is 70.2 Å². The van der Waals surface area contributed by atoms with Crippen LogP contribution in [0, 0.1) is 11.3 Å². The quantitative estimate of drug-likeness (QED) is 0.535. The maximum Gasteiger partial charge on any atom is 0.416 e. The molecule has 0 atom stereocenters. The fraction of sp³-hybridized carbons (Fsp3) is 0.235. The molecule has 0 bridgehead atoms. The Bertz CT molecular complexity index is 1000. The topological polar surface area (TPSA) is 83.1 Å². The van der Waals surface area contributed by atoms with Crippen LogP contribution in [-0.2, 0) is 34.5 Å². The minimum absolute atomic E-state index is 0.0200. The maximum atomic E-state index is 12.8. The number of nitrogens with zero attached hydrogens (tertiary/aromatic N) is 1. The van der Waals surface area contributed by atoms with Gasteiger partial charge in [0, 0.05) is 12.7 Å². The molecule has 0 radical (unpaired) electrons. The Morgan fingerprint density at radius 1 is 1.10 bits per heavy atom. The van der Waals surface area contributed by atoms with Crippen molar-refractivity contribution in [1.29, 1.82) is 5.26 Å². The van der Waals surface area contributed by atoms with E-state index in [-0.39, 0.29) is 11.8 Å². The van der Waals surface area contributed by atoms with Crippen molar-refractivity contribution < 1.29 is 39.2 Å². The van der Waals surface area contributed by atoms with Crippen LogP contribution in [0.15, 0.2) is 52.1 Å². The molecule has 1 aromatic heterocycles. The summed E-state index contributed by atoms with van der Waals surface area (Å²) in [6, 6.07) is 5.20. The van der Waals surface area contributed by atoms with Gasteiger partial charge < -0.3 is 9.73 Å².